The highest BCUT2D eigenvalue weighted by Gasteiger charge is 2.30. The van der Waals surface area contributed by atoms with Crippen LogP contribution in [-0.2, 0) is 4.79 Å². The number of aromatic hydroxyl groups is 1. The first-order chi connectivity index (χ1) is 8.88. The lowest BCUT2D eigenvalue weighted by Gasteiger charge is -2.00. The lowest BCUT2D eigenvalue weighted by molar-refractivity contribution is -0.166. The first kappa shape index (κ1) is 17.9. The Morgan fingerprint density at radius 2 is 1.15 bits per heavy atom. The van der Waals surface area contributed by atoms with Crippen molar-refractivity contribution in [2.45, 2.75) is 12.6 Å². The molecule has 0 saturated heterocycles. The molecule has 114 valence electrons. The molecule has 0 aliphatic carbocycles. The Morgan fingerprint density at radius 3 is 1.35 bits per heavy atom. The van der Waals surface area contributed by atoms with E-state index in [2.05, 4.69) is 0 Å². The van der Waals surface area contributed by atoms with Gasteiger partial charge in [-0.25, -0.2) is 13.2 Å². The maximum absolute atomic E-state index is 12.2. The van der Waals surface area contributed by atoms with Crippen LogP contribution in [0.25, 0.3) is 0 Å². The third-order valence-corrected chi connectivity index (χ3v) is 1.54. The number of benzene rings is 1. The number of carboxylic acids is 1. The number of hydrogen-bond donors (Lipinski definition) is 2. The molecule has 0 saturated carbocycles. The molecule has 11 heteroatoms. The first-order valence-corrected chi connectivity index (χ1v) is 4.37. The highest BCUT2D eigenvalue weighted by atomic mass is 19.4. The van der Waals surface area contributed by atoms with Crippen molar-refractivity contribution in [1.29, 1.82) is 0 Å². The monoisotopic (exact) mass is 312 g/mol. The second-order valence-corrected chi connectivity index (χ2v) is 3.10. The van der Waals surface area contributed by atoms with Crippen LogP contribution in [0.5, 0.6) is 5.75 Å². The largest absolute Gasteiger partial charge is 0.503 e. The summed E-state index contributed by atoms with van der Waals surface area (Å²) in [7, 11) is 0. The molecule has 1 aromatic rings. The van der Waals surface area contributed by atoms with Crippen LogP contribution in [-0.4, -0.2) is 22.4 Å². The highest BCUT2D eigenvalue weighted by molar-refractivity contribution is 5.67. The van der Waals surface area contributed by atoms with Gasteiger partial charge in [-0.05, 0) is 0 Å². The summed E-state index contributed by atoms with van der Waals surface area (Å²) in [4.78, 5) is 9.29. The minimum atomic E-state index is -4.58. The number of halogens is 8. The SMILES string of the molecule is O=C(O)CC(F)(F)F.Oc1c(F)c(F)c(F)c(F)c1F. The summed E-state index contributed by atoms with van der Waals surface area (Å²) in [5.41, 5.74) is 0. The van der Waals surface area contributed by atoms with E-state index in [-0.39, 0.29) is 0 Å². The number of rotatable bonds is 1. The van der Waals surface area contributed by atoms with Gasteiger partial charge in [-0.3, -0.25) is 4.79 Å². The summed E-state index contributed by atoms with van der Waals surface area (Å²) in [6.45, 7) is 0. The molecule has 0 amide bonds. The van der Waals surface area contributed by atoms with Gasteiger partial charge in [-0.1, -0.05) is 0 Å². The Morgan fingerprint density at radius 1 is 0.850 bits per heavy atom. The van der Waals surface area contributed by atoms with E-state index in [4.69, 9.17) is 10.2 Å². The Labute approximate surface area is 105 Å². The van der Waals surface area contributed by atoms with E-state index in [1.54, 1.807) is 0 Å². The predicted octanol–water partition coefficient (Wildman–Crippen LogP) is 3.11. The summed E-state index contributed by atoms with van der Waals surface area (Å²) >= 11 is 0. The molecule has 20 heavy (non-hydrogen) atoms. The zero-order valence-electron chi connectivity index (χ0n) is 9.03. The second-order valence-electron chi connectivity index (χ2n) is 3.10. The fourth-order valence-corrected chi connectivity index (χ4v) is 0.765. The van der Waals surface area contributed by atoms with E-state index in [1.165, 1.54) is 0 Å². The smallest absolute Gasteiger partial charge is 0.399 e. The number of phenols is 1. The quantitative estimate of drug-likeness (QED) is 0.476. The van der Waals surface area contributed by atoms with E-state index in [1.807, 2.05) is 0 Å². The van der Waals surface area contributed by atoms with Crippen molar-refractivity contribution < 1.29 is 50.1 Å². The summed E-state index contributed by atoms with van der Waals surface area (Å²) in [6, 6.07) is 0. The van der Waals surface area contributed by atoms with Crippen molar-refractivity contribution in [1.82, 2.24) is 0 Å². The van der Waals surface area contributed by atoms with Crippen molar-refractivity contribution in [3.05, 3.63) is 29.1 Å². The van der Waals surface area contributed by atoms with E-state index in [0.29, 0.717) is 0 Å². The summed E-state index contributed by atoms with van der Waals surface area (Å²) < 4.78 is 93.4. The molecular weight excluding hydrogens is 308 g/mol. The maximum atomic E-state index is 12.2. The third kappa shape index (κ3) is 4.90. The van der Waals surface area contributed by atoms with Gasteiger partial charge in [0, 0.05) is 0 Å². The molecule has 0 atom stereocenters. The van der Waals surface area contributed by atoms with E-state index in [9.17, 15) is 39.9 Å². The topological polar surface area (TPSA) is 57.5 Å². The molecule has 1 aromatic carbocycles. The number of carboxylic acid groups (broad SMARTS) is 1. The van der Waals surface area contributed by atoms with Gasteiger partial charge < -0.3 is 10.2 Å². The van der Waals surface area contributed by atoms with Crippen LogP contribution in [0, 0.1) is 29.1 Å². The fourth-order valence-electron chi connectivity index (χ4n) is 0.765. The molecule has 0 aromatic heterocycles. The zero-order chi connectivity index (χ0) is 16.2. The van der Waals surface area contributed by atoms with Crippen LogP contribution in [0.1, 0.15) is 6.42 Å². The highest BCUT2D eigenvalue weighted by Crippen LogP contribution is 2.27. The van der Waals surface area contributed by atoms with Gasteiger partial charge in [-0.15, -0.1) is 0 Å². The molecule has 3 nitrogen and oxygen atoms in total. The van der Waals surface area contributed by atoms with Crippen molar-refractivity contribution >= 4 is 5.97 Å². The summed E-state index contributed by atoms with van der Waals surface area (Å²) in [6.07, 6.45) is -6.33. The van der Waals surface area contributed by atoms with Crippen molar-refractivity contribution in [3.8, 4) is 5.75 Å². The molecule has 0 radical (unpaired) electrons. The Balaban J connectivity index is 0.000000396. The van der Waals surface area contributed by atoms with Gasteiger partial charge in [-0.2, -0.15) is 22.0 Å². The molecule has 2 N–H and O–H groups in total. The number of alkyl halides is 3. The minimum Gasteiger partial charge on any atom is -0.503 e. The van der Waals surface area contributed by atoms with Gasteiger partial charge in [0.1, 0.15) is 6.42 Å². The lowest BCUT2D eigenvalue weighted by Crippen LogP contribution is -2.13. The van der Waals surface area contributed by atoms with Gasteiger partial charge in [0.15, 0.2) is 5.75 Å². The molecular formula is C9H4F8O3. The standard InChI is InChI=1S/C6HF5O.C3H3F3O2/c7-1-2(8)4(10)6(12)5(11)3(1)9;4-3(5,6)1-2(7)8/h12H;1H2,(H,7,8). The molecule has 0 aliphatic rings. The maximum Gasteiger partial charge on any atom is 0.399 e. The number of hydrogen-bond acceptors (Lipinski definition) is 2. The van der Waals surface area contributed by atoms with Gasteiger partial charge in [0.05, 0.1) is 0 Å². The molecule has 0 unspecified atom stereocenters. The number of aliphatic carboxylic acids is 1. The summed E-state index contributed by atoms with van der Waals surface area (Å²) in [5.74, 6) is -14.8. The van der Waals surface area contributed by atoms with Crippen LogP contribution in [0.2, 0.25) is 0 Å². The Hall–Kier alpha value is -2.07. The van der Waals surface area contributed by atoms with Crippen molar-refractivity contribution in [2.75, 3.05) is 0 Å². The molecule has 0 bridgehead atoms. The minimum absolute atomic E-state index is 1.76. The van der Waals surface area contributed by atoms with Crippen LogP contribution in [0.15, 0.2) is 0 Å². The number of phenolic OH excluding ortho intramolecular Hbond substituents is 1. The van der Waals surface area contributed by atoms with Crippen LogP contribution < -0.4 is 0 Å². The van der Waals surface area contributed by atoms with E-state index >= 15 is 0 Å². The number of carbonyl (C=O) groups is 1. The van der Waals surface area contributed by atoms with Crippen molar-refractivity contribution in [2.24, 2.45) is 0 Å². The first-order valence-electron chi connectivity index (χ1n) is 4.37. The lowest BCUT2D eigenvalue weighted by atomic mass is 10.3. The summed E-state index contributed by atoms with van der Waals surface area (Å²) in [5, 5.41) is 15.8. The predicted molar refractivity (Wildman–Crippen MR) is 46.2 cm³/mol. The second kappa shape index (κ2) is 6.39. The molecule has 0 aliphatic heterocycles. The molecule has 0 fully saturated rings. The average molecular weight is 312 g/mol. The fraction of sp³-hybridized carbons (Fsp3) is 0.222. The third-order valence-electron chi connectivity index (χ3n) is 1.54. The molecule has 0 heterocycles. The van der Waals surface area contributed by atoms with Crippen LogP contribution in [0.3, 0.4) is 0 Å². The average Bonchev–Trinajstić information content (AvgIpc) is 2.29. The van der Waals surface area contributed by atoms with E-state index in [0.717, 1.165) is 0 Å². The molecule has 1 rings (SSSR count). The van der Waals surface area contributed by atoms with Gasteiger partial charge >= 0.3 is 12.1 Å². The van der Waals surface area contributed by atoms with Crippen LogP contribution >= 0.6 is 0 Å². The van der Waals surface area contributed by atoms with Gasteiger partial charge in [0.25, 0.3) is 0 Å². The van der Waals surface area contributed by atoms with E-state index < -0.39 is 53.4 Å². The Kier molecular flexibility index (Phi) is 5.73. The zero-order valence-corrected chi connectivity index (χ0v) is 9.03. The van der Waals surface area contributed by atoms with Gasteiger partial charge in [0.2, 0.25) is 29.1 Å². The normalized spacial score (nSPS) is 10.8. The van der Waals surface area contributed by atoms with Crippen molar-refractivity contribution in [3.63, 3.8) is 0 Å². The Bertz CT molecular complexity index is 406. The molecule has 0 spiro atoms. The van der Waals surface area contributed by atoms with Crippen LogP contribution in [0.4, 0.5) is 35.1 Å².